The maximum atomic E-state index is 12.8. The highest BCUT2D eigenvalue weighted by atomic mass is 19.4. The van der Waals surface area contributed by atoms with Crippen molar-refractivity contribution in [2.45, 2.75) is 33.0 Å². The lowest BCUT2D eigenvalue weighted by molar-refractivity contribution is -0.142. The second-order valence-electron chi connectivity index (χ2n) is 6.64. The van der Waals surface area contributed by atoms with Gasteiger partial charge in [-0.3, -0.25) is 4.79 Å². The SMILES string of the molecule is CC(C)CC(CNCc1ccc(-c2cccc(C(F)(F)F)c2)o1)C(=O)O. The number of hydrogen-bond acceptors (Lipinski definition) is 3. The van der Waals surface area contributed by atoms with Gasteiger partial charge < -0.3 is 14.8 Å². The van der Waals surface area contributed by atoms with Crippen molar-refractivity contribution in [3.05, 3.63) is 47.7 Å². The van der Waals surface area contributed by atoms with Crippen LogP contribution in [0.25, 0.3) is 11.3 Å². The van der Waals surface area contributed by atoms with E-state index in [1.165, 1.54) is 6.07 Å². The summed E-state index contributed by atoms with van der Waals surface area (Å²) in [6.07, 6.45) is -3.84. The molecule has 0 radical (unpaired) electrons. The number of nitrogens with one attached hydrogen (secondary N) is 1. The number of hydrogen-bond donors (Lipinski definition) is 2. The number of aliphatic carboxylic acids is 1. The largest absolute Gasteiger partial charge is 0.481 e. The molecule has 2 N–H and O–H groups in total. The zero-order valence-electron chi connectivity index (χ0n) is 14.6. The van der Waals surface area contributed by atoms with Crippen LogP contribution in [-0.4, -0.2) is 17.6 Å². The van der Waals surface area contributed by atoms with Gasteiger partial charge in [0.1, 0.15) is 11.5 Å². The maximum Gasteiger partial charge on any atom is 0.416 e. The zero-order valence-corrected chi connectivity index (χ0v) is 14.6. The van der Waals surface area contributed by atoms with Gasteiger partial charge in [0, 0.05) is 12.1 Å². The molecule has 7 heteroatoms. The van der Waals surface area contributed by atoms with Gasteiger partial charge in [-0.25, -0.2) is 0 Å². The van der Waals surface area contributed by atoms with Gasteiger partial charge in [0.05, 0.1) is 18.0 Å². The van der Waals surface area contributed by atoms with Crippen LogP contribution < -0.4 is 5.32 Å². The van der Waals surface area contributed by atoms with Crippen LogP contribution >= 0.6 is 0 Å². The third kappa shape index (κ3) is 5.62. The second kappa shape index (κ2) is 8.40. The number of furan rings is 1. The molecule has 0 aliphatic heterocycles. The van der Waals surface area contributed by atoms with Crippen LogP contribution in [-0.2, 0) is 17.5 Å². The Morgan fingerprint density at radius 1 is 1.23 bits per heavy atom. The predicted molar refractivity (Wildman–Crippen MR) is 91.4 cm³/mol. The van der Waals surface area contributed by atoms with Crippen molar-refractivity contribution in [1.29, 1.82) is 0 Å². The molecule has 0 saturated heterocycles. The first-order valence-corrected chi connectivity index (χ1v) is 8.36. The van der Waals surface area contributed by atoms with Crippen molar-refractivity contribution in [2.24, 2.45) is 11.8 Å². The molecule has 26 heavy (non-hydrogen) atoms. The number of alkyl halides is 3. The van der Waals surface area contributed by atoms with E-state index in [1.54, 1.807) is 18.2 Å². The first kappa shape index (κ1) is 20.0. The number of carbonyl (C=O) groups is 1. The van der Waals surface area contributed by atoms with Gasteiger partial charge in [-0.05, 0) is 36.6 Å². The summed E-state index contributed by atoms with van der Waals surface area (Å²) in [5.41, 5.74) is -0.390. The average molecular weight is 369 g/mol. The Balaban J connectivity index is 1.99. The molecule has 2 rings (SSSR count). The second-order valence-corrected chi connectivity index (χ2v) is 6.64. The van der Waals surface area contributed by atoms with Crippen LogP contribution in [0.3, 0.4) is 0 Å². The average Bonchev–Trinajstić information content (AvgIpc) is 3.01. The molecule has 1 aromatic carbocycles. The summed E-state index contributed by atoms with van der Waals surface area (Å²) < 4.78 is 44.0. The standard InChI is InChI=1S/C19H22F3NO3/c1-12(2)8-14(18(24)25)10-23-11-16-6-7-17(26-16)13-4-3-5-15(9-13)19(20,21)22/h3-7,9,12,14,23H,8,10-11H2,1-2H3,(H,24,25). The van der Waals surface area contributed by atoms with Crippen molar-refractivity contribution < 1.29 is 27.5 Å². The van der Waals surface area contributed by atoms with Crippen molar-refractivity contribution in [1.82, 2.24) is 5.32 Å². The van der Waals surface area contributed by atoms with Crippen molar-refractivity contribution in [2.75, 3.05) is 6.54 Å². The molecule has 142 valence electrons. The molecular formula is C19H22F3NO3. The topological polar surface area (TPSA) is 62.5 Å². The predicted octanol–water partition coefficient (Wildman–Crippen LogP) is 4.80. The molecule has 0 amide bonds. The van der Waals surface area contributed by atoms with E-state index in [1.807, 2.05) is 13.8 Å². The first-order valence-electron chi connectivity index (χ1n) is 8.36. The van der Waals surface area contributed by atoms with Crippen LogP contribution in [0.2, 0.25) is 0 Å². The Morgan fingerprint density at radius 2 is 1.96 bits per heavy atom. The van der Waals surface area contributed by atoms with Gasteiger partial charge in [0.15, 0.2) is 0 Å². The molecule has 1 atom stereocenters. The fraction of sp³-hybridized carbons (Fsp3) is 0.421. The Bertz CT molecular complexity index is 738. The van der Waals surface area contributed by atoms with Gasteiger partial charge in [-0.2, -0.15) is 13.2 Å². The normalized spacial score (nSPS) is 13.2. The molecule has 1 aromatic heterocycles. The monoisotopic (exact) mass is 369 g/mol. The van der Waals surface area contributed by atoms with E-state index >= 15 is 0 Å². The fourth-order valence-corrected chi connectivity index (χ4v) is 2.69. The molecule has 1 heterocycles. The summed E-state index contributed by atoms with van der Waals surface area (Å²) in [6.45, 7) is 4.53. The molecule has 0 bridgehead atoms. The number of carboxylic acid groups (broad SMARTS) is 1. The lowest BCUT2D eigenvalue weighted by Crippen LogP contribution is -2.29. The minimum atomic E-state index is -4.41. The van der Waals surface area contributed by atoms with E-state index in [-0.39, 0.29) is 5.92 Å². The van der Waals surface area contributed by atoms with E-state index < -0.39 is 23.6 Å². The summed E-state index contributed by atoms with van der Waals surface area (Å²) in [7, 11) is 0. The number of benzene rings is 1. The highest BCUT2D eigenvalue weighted by Gasteiger charge is 2.30. The third-order valence-electron chi connectivity index (χ3n) is 3.93. The molecule has 0 aliphatic rings. The van der Waals surface area contributed by atoms with Gasteiger partial charge in [-0.15, -0.1) is 0 Å². The van der Waals surface area contributed by atoms with Gasteiger partial charge in [0.25, 0.3) is 0 Å². The summed E-state index contributed by atoms with van der Waals surface area (Å²) >= 11 is 0. The van der Waals surface area contributed by atoms with Gasteiger partial charge in [0.2, 0.25) is 0 Å². The molecule has 4 nitrogen and oxygen atoms in total. The van der Waals surface area contributed by atoms with Crippen LogP contribution in [0, 0.1) is 11.8 Å². The number of carboxylic acids is 1. The van der Waals surface area contributed by atoms with Crippen molar-refractivity contribution in [3.63, 3.8) is 0 Å². The Morgan fingerprint density at radius 3 is 2.58 bits per heavy atom. The molecule has 0 spiro atoms. The third-order valence-corrected chi connectivity index (χ3v) is 3.93. The summed E-state index contributed by atoms with van der Waals surface area (Å²) in [4.78, 5) is 11.2. The minimum Gasteiger partial charge on any atom is -0.481 e. The highest BCUT2D eigenvalue weighted by Crippen LogP contribution is 2.32. The molecular weight excluding hydrogens is 347 g/mol. The lowest BCUT2D eigenvalue weighted by Gasteiger charge is -2.14. The molecule has 2 aromatic rings. The number of halogens is 3. The first-order chi connectivity index (χ1) is 12.2. The van der Waals surface area contributed by atoms with E-state index in [0.29, 0.717) is 36.6 Å². The lowest BCUT2D eigenvalue weighted by atomic mass is 9.97. The molecule has 0 fully saturated rings. The van der Waals surface area contributed by atoms with Crippen LogP contribution in [0.1, 0.15) is 31.6 Å². The minimum absolute atomic E-state index is 0.272. The Hall–Kier alpha value is -2.28. The summed E-state index contributed by atoms with van der Waals surface area (Å²) in [5.74, 6) is -0.201. The number of rotatable bonds is 8. The maximum absolute atomic E-state index is 12.8. The fourth-order valence-electron chi connectivity index (χ4n) is 2.69. The van der Waals surface area contributed by atoms with Crippen LogP contribution in [0.15, 0.2) is 40.8 Å². The van der Waals surface area contributed by atoms with E-state index in [9.17, 15) is 23.1 Å². The van der Waals surface area contributed by atoms with E-state index in [4.69, 9.17) is 4.42 Å². The highest BCUT2D eigenvalue weighted by molar-refractivity contribution is 5.70. The summed E-state index contributed by atoms with van der Waals surface area (Å²) in [5, 5.41) is 12.2. The zero-order chi connectivity index (χ0) is 19.3. The molecule has 0 saturated carbocycles. The smallest absolute Gasteiger partial charge is 0.416 e. The quantitative estimate of drug-likeness (QED) is 0.701. The van der Waals surface area contributed by atoms with Crippen LogP contribution in [0.5, 0.6) is 0 Å². The van der Waals surface area contributed by atoms with Gasteiger partial charge >= 0.3 is 12.1 Å². The Labute approximate surface area is 150 Å². The van der Waals surface area contributed by atoms with Crippen LogP contribution in [0.4, 0.5) is 13.2 Å². The summed E-state index contributed by atoms with van der Waals surface area (Å²) in [6, 6.07) is 8.21. The Kier molecular flexibility index (Phi) is 6.47. The van der Waals surface area contributed by atoms with Crippen molar-refractivity contribution in [3.8, 4) is 11.3 Å². The van der Waals surface area contributed by atoms with E-state index in [0.717, 1.165) is 12.1 Å². The van der Waals surface area contributed by atoms with Crippen molar-refractivity contribution >= 4 is 5.97 Å². The molecule has 1 unspecified atom stereocenters. The van der Waals surface area contributed by atoms with Gasteiger partial charge in [-0.1, -0.05) is 26.0 Å². The van der Waals surface area contributed by atoms with E-state index in [2.05, 4.69) is 5.32 Å². The molecule has 0 aliphatic carbocycles.